The Bertz CT molecular complexity index is 657. The summed E-state index contributed by atoms with van der Waals surface area (Å²) in [6.07, 6.45) is -6.17. The van der Waals surface area contributed by atoms with Crippen LogP contribution in [0.4, 0.5) is 18.0 Å². The first kappa shape index (κ1) is 20.8. The van der Waals surface area contributed by atoms with Crippen LogP contribution < -0.4 is 10.1 Å². The molecule has 150 valence electrons. The molecule has 0 radical (unpaired) electrons. The highest BCUT2D eigenvalue weighted by Gasteiger charge is 2.66. The summed E-state index contributed by atoms with van der Waals surface area (Å²) in [5.74, 6) is -2.13. The van der Waals surface area contributed by atoms with Gasteiger partial charge in [-0.05, 0) is 18.6 Å². The lowest BCUT2D eigenvalue weighted by atomic mass is 9.84. The summed E-state index contributed by atoms with van der Waals surface area (Å²) in [6.45, 7) is 2.35. The Kier molecular flexibility index (Phi) is 6.19. The minimum absolute atomic E-state index is 0.157. The highest BCUT2D eigenvalue weighted by molar-refractivity contribution is 5.85. The van der Waals surface area contributed by atoms with Crippen molar-refractivity contribution in [1.29, 1.82) is 0 Å². The fourth-order valence-corrected chi connectivity index (χ4v) is 2.35. The number of rotatable bonds is 7. The summed E-state index contributed by atoms with van der Waals surface area (Å²) < 4.78 is 60.3. The van der Waals surface area contributed by atoms with Gasteiger partial charge in [0.15, 0.2) is 0 Å². The van der Waals surface area contributed by atoms with Crippen LogP contribution in [0, 0.1) is 5.41 Å². The van der Waals surface area contributed by atoms with Crippen LogP contribution in [-0.4, -0.2) is 50.9 Å². The van der Waals surface area contributed by atoms with Crippen molar-refractivity contribution in [2.75, 3.05) is 26.9 Å². The van der Waals surface area contributed by atoms with Crippen molar-refractivity contribution in [2.24, 2.45) is 5.41 Å². The molecule has 0 aliphatic carbocycles. The number of hydrogen-bond acceptors (Lipinski definition) is 6. The first-order chi connectivity index (χ1) is 12.7. The largest absolute Gasteiger partial charge is 0.464 e. The zero-order valence-corrected chi connectivity index (χ0v) is 14.8. The number of halogens is 3. The van der Waals surface area contributed by atoms with Crippen molar-refractivity contribution in [3.63, 3.8) is 0 Å². The van der Waals surface area contributed by atoms with E-state index in [1.54, 1.807) is 6.07 Å². The van der Waals surface area contributed by atoms with E-state index < -0.39 is 29.4 Å². The Balaban J connectivity index is 2.22. The number of methoxy groups -OCH3 is 1. The van der Waals surface area contributed by atoms with E-state index in [9.17, 15) is 22.8 Å². The van der Waals surface area contributed by atoms with Crippen LogP contribution in [0.3, 0.4) is 0 Å². The molecule has 1 aliphatic rings. The minimum atomic E-state index is -5.32. The highest BCUT2D eigenvalue weighted by Crippen LogP contribution is 2.35. The van der Waals surface area contributed by atoms with E-state index in [0.29, 0.717) is 19.6 Å². The summed E-state index contributed by atoms with van der Waals surface area (Å²) in [5, 5.41) is 1.49. The summed E-state index contributed by atoms with van der Waals surface area (Å²) in [4.78, 5) is 24.0. The molecule has 0 aromatic heterocycles. The smallest absolute Gasteiger partial charge is 0.461 e. The molecule has 27 heavy (non-hydrogen) atoms. The van der Waals surface area contributed by atoms with Crippen molar-refractivity contribution in [3.05, 3.63) is 30.3 Å². The summed E-state index contributed by atoms with van der Waals surface area (Å²) >= 11 is 0. The summed E-state index contributed by atoms with van der Waals surface area (Å²) in [5.41, 5.74) is -4.19. The molecule has 0 saturated carbocycles. The van der Waals surface area contributed by atoms with Crippen molar-refractivity contribution >= 4 is 12.1 Å². The van der Waals surface area contributed by atoms with Gasteiger partial charge in [0.2, 0.25) is 0 Å². The number of alkyl carbamates (subject to hydrolysis) is 1. The number of ether oxygens (including phenoxy) is 4. The van der Waals surface area contributed by atoms with Crippen LogP contribution >= 0.6 is 0 Å². The number of hydrogen-bond donors (Lipinski definition) is 1. The zero-order valence-electron chi connectivity index (χ0n) is 14.8. The third-order valence-electron chi connectivity index (χ3n) is 4.24. The lowest BCUT2D eigenvalue weighted by Gasteiger charge is -2.40. The molecule has 1 atom stereocenters. The van der Waals surface area contributed by atoms with Crippen molar-refractivity contribution in [2.45, 2.75) is 25.2 Å². The van der Waals surface area contributed by atoms with Gasteiger partial charge in [0.05, 0.1) is 25.7 Å². The van der Waals surface area contributed by atoms with E-state index in [-0.39, 0.29) is 12.4 Å². The van der Waals surface area contributed by atoms with Gasteiger partial charge in [0.1, 0.15) is 12.4 Å². The average molecular weight is 391 g/mol. The van der Waals surface area contributed by atoms with Gasteiger partial charge in [-0.15, -0.1) is 0 Å². The maximum atomic E-state index is 13.8. The Morgan fingerprint density at radius 1 is 1.22 bits per heavy atom. The standard InChI is InChI=1S/C17H20F3NO6/c1-3-15(9-25-10-15)11-26-14(23)21-16(13(22)24-2,17(18,19)20)27-12-7-5-4-6-8-12/h4-8H,3,9-11H2,1-2H3,(H,21,23)/t16-/m0/s1. The number of nitrogens with one attached hydrogen (secondary N) is 1. The number of benzene rings is 1. The maximum absolute atomic E-state index is 13.8. The van der Waals surface area contributed by atoms with Gasteiger partial charge in [-0.2, -0.15) is 13.2 Å². The predicted octanol–water partition coefficient (Wildman–Crippen LogP) is 2.65. The molecule has 1 aliphatic heterocycles. The molecule has 1 aromatic carbocycles. The van der Waals surface area contributed by atoms with E-state index in [2.05, 4.69) is 4.74 Å². The molecular formula is C17H20F3NO6. The summed E-state index contributed by atoms with van der Waals surface area (Å²) in [7, 11) is 0.752. The lowest BCUT2D eigenvalue weighted by molar-refractivity contribution is -0.260. The second-order valence-electron chi connectivity index (χ2n) is 6.13. The van der Waals surface area contributed by atoms with Crippen LogP contribution in [0.15, 0.2) is 30.3 Å². The predicted molar refractivity (Wildman–Crippen MR) is 85.9 cm³/mol. The maximum Gasteiger partial charge on any atom is 0.461 e. The zero-order chi connectivity index (χ0) is 20.1. The van der Waals surface area contributed by atoms with Gasteiger partial charge >= 0.3 is 24.0 Å². The van der Waals surface area contributed by atoms with Crippen LogP contribution in [0.25, 0.3) is 0 Å². The molecule has 2 rings (SSSR count). The third-order valence-corrected chi connectivity index (χ3v) is 4.24. The fourth-order valence-electron chi connectivity index (χ4n) is 2.35. The molecule has 0 spiro atoms. The number of alkyl halides is 3. The molecule has 0 unspecified atom stereocenters. The first-order valence-electron chi connectivity index (χ1n) is 8.10. The molecule has 1 aromatic rings. The molecular weight excluding hydrogens is 371 g/mol. The van der Waals surface area contributed by atoms with Crippen LogP contribution in [-0.2, 0) is 19.0 Å². The number of amides is 1. The third kappa shape index (κ3) is 4.44. The van der Waals surface area contributed by atoms with Gasteiger partial charge in [0.25, 0.3) is 0 Å². The van der Waals surface area contributed by atoms with Gasteiger partial charge in [0, 0.05) is 0 Å². The highest BCUT2D eigenvalue weighted by atomic mass is 19.4. The Hall–Kier alpha value is -2.49. The Labute approximate surface area is 153 Å². The van der Waals surface area contributed by atoms with E-state index >= 15 is 0 Å². The van der Waals surface area contributed by atoms with Gasteiger partial charge in [-0.25, -0.2) is 9.59 Å². The van der Waals surface area contributed by atoms with Gasteiger partial charge in [-0.3, -0.25) is 5.32 Å². The van der Waals surface area contributed by atoms with Crippen LogP contribution in [0.2, 0.25) is 0 Å². The first-order valence-corrected chi connectivity index (χ1v) is 8.10. The topological polar surface area (TPSA) is 83.1 Å². The Morgan fingerprint density at radius 3 is 2.30 bits per heavy atom. The second-order valence-corrected chi connectivity index (χ2v) is 6.13. The molecule has 1 saturated heterocycles. The van der Waals surface area contributed by atoms with E-state index in [0.717, 1.165) is 7.11 Å². The average Bonchev–Trinajstić information content (AvgIpc) is 2.59. The Morgan fingerprint density at radius 2 is 1.85 bits per heavy atom. The number of carbonyl (C=O) groups is 2. The van der Waals surface area contributed by atoms with Gasteiger partial charge in [-0.1, -0.05) is 25.1 Å². The number of para-hydroxylation sites is 1. The number of esters is 1. The van der Waals surface area contributed by atoms with E-state index in [1.165, 1.54) is 29.6 Å². The molecule has 10 heteroatoms. The molecule has 1 amide bonds. The summed E-state index contributed by atoms with van der Waals surface area (Å²) in [6, 6.07) is 6.77. The normalized spacial score (nSPS) is 17.8. The lowest BCUT2D eigenvalue weighted by Crippen LogP contribution is -2.68. The fraction of sp³-hybridized carbons (Fsp3) is 0.529. The molecule has 1 N–H and O–H groups in total. The van der Waals surface area contributed by atoms with E-state index in [1.807, 2.05) is 6.92 Å². The van der Waals surface area contributed by atoms with Crippen LogP contribution in [0.1, 0.15) is 13.3 Å². The molecule has 7 nitrogen and oxygen atoms in total. The SMILES string of the molecule is CCC1(COC(=O)N[C@](Oc2ccccc2)(C(=O)OC)C(F)(F)F)COC1. The molecule has 1 fully saturated rings. The van der Waals surface area contributed by atoms with Crippen molar-refractivity contribution in [3.8, 4) is 5.75 Å². The van der Waals surface area contributed by atoms with Crippen molar-refractivity contribution < 1.29 is 41.7 Å². The molecule has 1 heterocycles. The second kappa shape index (κ2) is 8.03. The molecule has 0 bridgehead atoms. The van der Waals surface area contributed by atoms with Gasteiger partial charge < -0.3 is 18.9 Å². The van der Waals surface area contributed by atoms with Crippen LogP contribution in [0.5, 0.6) is 5.75 Å². The van der Waals surface area contributed by atoms with E-state index in [4.69, 9.17) is 14.2 Å². The van der Waals surface area contributed by atoms with Crippen molar-refractivity contribution in [1.82, 2.24) is 5.32 Å². The number of carbonyl (C=O) groups excluding carboxylic acids is 2. The quantitative estimate of drug-likeness (QED) is 0.568. The minimum Gasteiger partial charge on any atom is -0.464 e. The monoisotopic (exact) mass is 391 g/mol.